The maximum absolute atomic E-state index is 13.2. The third-order valence-corrected chi connectivity index (χ3v) is 6.98. The largest absolute Gasteiger partial charge is 0.489 e. The molecule has 0 spiro atoms. The third-order valence-electron chi connectivity index (χ3n) is 6.25. The molecule has 7 nitrogen and oxygen atoms in total. The fourth-order valence-corrected chi connectivity index (χ4v) is 4.32. The lowest BCUT2D eigenvalue weighted by molar-refractivity contribution is -0.151. The summed E-state index contributed by atoms with van der Waals surface area (Å²) in [5.74, 6) is -0.927. The van der Waals surface area contributed by atoms with Crippen molar-refractivity contribution in [2.24, 2.45) is 5.92 Å². The fraction of sp³-hybridized carbons (Fsp3) is 0.333. The number of rotatable bonds is 11. The van der Waals surface area contributed by atoms with Gasteiger partial charge in [0.2, 0.25) is 0 Å². The minimum Gasteiger partial charge on any atom is -0.489 e. The summed E-state index contributed by atoms with van der Waals surface area (Å²) in [7, 11) is 0. The zero-order chi connectivity index (χ0) is 27.4. The summed E-state index contributed by atoms with van der Waals surface area (Å²) in [6.45, 7) is -1.03. The topological polar surface area (TPSA) is 104 Å². The van der Waals surface area contributed by atoms with Gasteiger partial charge in [-0.05, 0) is 61.1 Å². The van der Waals surface area contributed by atoms with Gasteiger partial charge in [0.25, 0.3) is 5.56 Å². The molecule has 1 aromatic heterocycles. The minimum atomic E-state index is -3.05. The van der Waals surface area contributed by atoms with Crippen LogP contribution in [0.3, 0.4) is 0 Å². The van der Waals surface area contributed by atoms with E-state index in [2.05, 4.69) is 9.72 Å². The molecule has 2 aromatic carbocycles. The summed E-state index contributed by atoms with van der Waals surface area (Å²) in [5, 5.41) is 0.0260. The van der Waals surface area contributed by atoms with Gasteiger partial charge in [-0.25, -0.2) is 0 Å². The predicted octanol–water partition coefficient (Wildman–Crippen LogP) is 6.28. The number of esters is 1. The van der Waals surface area contributed by atoms with E-state index in [9.17, 15) is 18.4 Å². The van der Waals surface area contributed by atoms with E-state index >= 15 is 0 Å². The number of aromatic nitrogens is 1. The number of halogens is 4. The number of aromatic amines is 1. The van der Waals surface area contributed by atoms with Crippen LogP contribution in [0.4, 0.5) is 14.5 Å². The van der Waals surface area contributed by atoms with Gasteiger partial charge >= 0.3 is 12.6 Å². The molecule has 202 valence electrons. The predicted molar refractivity (Wildman–Crippen MR) is 140 cm³/mol. The van der Waals surface area contributed by atoms with E-state index in [0.717, 1.165) is 12.8 Å². The number of pyridine rings is 1. The maximum Gasteiger partial charge on any atom is 0.387 e. The second-order valence-electron chi connectivity index (χ2n) is 9.12. The molecule has 1 aliphatic carbocycles. The van der Waals surface area contributed by atoms with Gasteiger partial charge in [0, 0.05) is 23.9 Å². The van der Waals surface area contributed by atoms with Crippen molar-refractivity contribution in [1.29, 1.82) is 0 Å². The van der Waals surface area contributed by atoms with Crippen molar-refractivity contribution in [1.82, 2.24) is 4.98 Å². The van der Waals surface area contributed by atoms with Gasteiger partial charge in [0.15, 0.2) is 11.5 Å². The van der Waals surface area contributed by atoms with Crippen molar-refractivity contribution >= 4 is 34.9 Å². The average Bonchev–Trinajstić information content (AvgIpc) is 3.72. The van der Waals surface area contributed by atoms with Gasteiger partial charge in [-0.3, -0.25) is 9.59 Å². The Balaban J connectivity index is 1.68. The maximum atomic E-state index is 13.2. The second kappa shape index (κ2) is 12.0. The Morgan fingerprint density at radius 3 is 2.45 bits per heavy atom. The minimum absolute atomic E-state index is 0.0566. The highest BCUT2D eigenvalue weighted by Crippen LogP contribution is 2.38. The fourth-order valence-electron chi connectivity index (χ4n) is 3.81. The average molecular weight is 567 g/mol. The molecule has 4 rings (SSSR count). The second-order valence-corrected chi connectivity index (χ2v) is 9.90. The van der Waals surface area contributed by atoms with Crippen LogP contribution >= 0.6 is 23.2 Å². The Hall–Kier alpha value is -3.30. The van der Waals surface area contributed by atoms with Gasteiger partial charge in [-0.1, -0.05) is 41.4 Å². The lowest BCUT2D eigenvalue weighted by Gasteiger charge is -2.23. The van der Waals surface area contributed by atoms with Crippen LogP contribution in [0.15, 0.2) is 53.5 Å². The van der Waals surface area contributed by atoms with Crippen molar-refractivity contribution in [2.45, 2.75) is 44.8 Å². The number of H-pyrrole nitrogens is 1. The lowest BCUT2D eigenvalue weighted by atomic mass is 9.99. The number of carbonyl (C=O) groups is 1. The van der Waals surface area contributed by atoms with Gasteiger partial charge in [0.1, 0.15) is 11.1 Å². The number of nitrogens with one attached hydrogen (secondary N) is 1. The van der Waals surface area contributed by atoms with Crippen LogP contribution in [-0.2, 0) is 16.0 Å². The number of hydrogen-bond donors (Lipinski definition) is 2. The molecule has 0 amide bonds. The van der Waals surface area contributed by atoms with Gasteiger partial charge < -0.3 is 24.9 Å². The van der Waals surface area contributed by atoms with E-state index in [1.165, 1.54) is 24.4 Å². The Kier molecular flexibility index (Phi) is 8.79. The molecule has 3 aromatic rings. The molecule has 0 aliphatic heterocycles. The van der Waals surface area contributed by atoms with Crippen LogP contribution in [-0.4, -0.2) is 24.2 Å². The molecule has 11 heteroatoms. The monoisotopic (exact) mass is 566 g/mol. The highest BCUT2D eigenvalue weighted by atomic mass is 35.5. The Labute approximate surface area is 227 Å². The number of ether oxygens (including phenoxy) is 3. The highest BCUT2D eigenvalue weighted by Gasteiger charge is 2.28. The van der Waals surface area contributed by atoms with Crippen molar-refractivity contribution < 1.29 is 27.8 Å². The molecule has 0 bridgehead atoms. The number of nitrogen functional groups attached to an aromatic ring is 1. The van der Waals surface area contributed by atoms with Crippen molar-refractivity contribution in [3.05, 3.63) is 85.8 Å². The first-order valence-corrected chi connectivity index (χ1v) is 12.7. The first kappa shape index (κ1) is 27.7. The van der Waals surface area contributed by atoms with Crippen LogP contribution in [0.1, 0.15) is 48.5 Å². The zero-order valence-corrected chi connectivity index (χ0v) is 21.9. The van der Waals surface area contributed by atoms with E-state index in [1.54, 1.807) is 31.2 Å². The molecule has 0 radical (unpaired) electrons. The number of hydrogen-bond acceptors (Lipinski definition) is 6. The summed E-state index contributed by atoms with van der Waals surface area (Å²) < 4.78 is 42.3. The molecule has 2 unspecified atom stereocenters. The molecule has 1 saturated carbocycles. The van der Waals surface area contributed by atoms with Crippen molar-refractivity contribution in [3.63, 3.8) is 0 Å². The number of anilines is 1. The van der Waals surface area contributed by atoms with E-state index < -0.39 is 30.2 Å². The highest BCUT2D eigenvalue weighted by molar-refractivity contribution is 6.35. The first-order valence-electron chi connectivity index (χ1n) is 12.0. The molecule has 3 N–H and O–H groups in total. The van der Waals surface area contributed by atoms with Crippen LogP contribution in [0.5, 0.6) is 11.5 Å². The van der Waals surface area contributed by atoms with Gasteiger partial charge in [-0.2, -0.15) is 8.78 Å². The standard InChI is InChI=1S/C27H26Cl2F2N2O5/c1-14(16-4-7-18(32)8-5-16)26(35)37-22(11-19-20(28)12-33-25(34)24(19)29)17-6-9-21(38-27(30)31)23(10-17)36-13-15-2-3-15/h4-10,12,14-15,22,27H,2-3,11,13,32H2,1H3,(H,33,34). The molecule has 2 atom stereocenters. The summed E-state index contributed by atoms with van der Waals surface area (Å²) in [4.78, 5) is 27.8. The van der Waals surface area contributed by atoms with E-state index in [4.69, 9.17) is 38.4 Å². The van der Waals surface area contributed by atoms with E-state index in [-0.39, 0.29) is 33.5 Å². The molecule has 1 heterocycles. The first-order chi connectivity index (χ1) is 18.1. The number of alkyl halides is 2. The number of benzene rings is 2. The van der Waals surface area contributed by atoms with Crippen LogP contribution < -0.4 is 20.8 Å². The molecular formula is C27H26Cl2F2N2O5. The summed E-state index contributed by atoms with van der Waals surface area (Å²) in [6.07, 6.45) is 2.24. The van der Waals surface area contributed by atoms with Crippen LogP contribution in [0.25, 0.3) is 0 Å². The quantitative estimate of drug-likeness (QED) is 0.209. The molecular weight excluding hydrogens is 541 g/mol. The molecule has 1 fully saturated rings. The number of nitrogens with two attached hydrogens (primary N) is 1. The summed E-state index contributed by atoms with van der Waals surface area (Å²) >= 11 is 12.5. The lowest BCUT2D eigenvalue weighted by Crippen LogP contribution is -2.20. The number of carbonyl (C=O) groups excluding carboxylic acids is 1. The third kappa shape index (κ3) is 6.96. The van der Waals surface area contributed by atoms with E-state index in [0.29, 0.717) is 29.3 Å². The normalized spacial score (nSPS) is 14.7. The SMILES string of the molecule is CC(C(=O)OC(Cc1c(Cl)c[nH]c(=O)c1Cl)c1ccc(OC(F)F)c(OCC2CC2)c1)c1ccc(N)cc1. The Morgan fingerprint density at radius 1 is 1.11 bits per heavy atom. The molecule has 38 heavy (non-hydrogen) atoms. The van der Waals surface area contributed by atoms with Crippen molar-refractivity contribution in [3.8, 4) is 11.5 Å². The van der Waals surface area contributed by atoms with Crippen LogP contribution in [0, 0.1) is 5.92 Å². The Bertz CT molecular complexity index is 1350. The van der Waals surface area contributed by atoms with Crippen LogP contribution in [0.2, 0.25) is 10.0 Å². The summed E-state index contributed by atoms with van der Waals surface area (Å²) in [5.41, 5.74) is 7.12. The smallest absolute Gasteiger partial charge is 0.387 e. The van der Waals surface area contributed by atoms with Gasteiger partial charge in [-0.15, -0.1) is 0 Å². The molecule has 0 saturated heterocycles. The van der Waals surface area contributed by atoms with E-state index in [1.807, 2.05) is 0 Å². The zero-order valence-electron chi connectivity index (χ0n) is 20.4. The Morgan fingerprint density at radius 2 is 1.79 bits per heavy atom. The molecule has 1 aliphatic rings. The van der Waals surface area contributed by atoms with Gasteiger partial charge in [0.05, 0.1) is 17.5 Å². The van der Waals surface area contributed by atoms with Crippen molar-refractivity contribution in [2.75, 3.05) is 12.3 Å². The summed E-state index contributed by atoms with van der Waals surface area (Å²) in [6, 6.07) is 11.1.